The molecular weight excluding hydrogens is 378 g/mol. The van der Waals surface area contributed by atoms with Gasteiger partial charge in [-0.1, -0.05) is 0 Å². The van der Waals surface area contributed by atoms with Crippen LogP contribution < -0.4 is 5.32 Å². The monoisotopic (exact) mass is 405 g/mol. The lowest BCUT2D eigenvalue weighted by Gasteiger charge is -2.35. The summed E-state index contributed by atoms with van der Waals surface area (Å²) in [5.74, 6) is 1.62. The maximum absolute atomic E-state index is 5.63. The summed E-state index contributed by atoms with van der Waals surface area (Å²) < 4.78 is 9.72. The molecule has 0 atom stereocenters. The SMILES string of the molecule is CCOC1CC(Nc2ncc3c(-c4cnc5nc(C)n(C(C)C)c5c4)ccn3n2)C1. The Hall–Kier alpha value is -3.00. The van der Waals surface area contributed by atoms with Gasteiger partial charge in [-0.2, -0.15) is 0 Å². The second kappa shape index (κ2) is 7.36. The van der Waals surface area contributed by atoms with E-state index in [1.54, 1.807) is 0 Å². The fourth-order valence-corrected chi connectivity index (χ4v) is 4.34. The predicted molar refractivity (Wildman–Crippen MR) is 117 cm³/mol. The van der Waals surface area contributed by atoms with E-state index in [9.17, 15) is 0 Å². The largest absolute Gasteiger partial charge is 0.378 e. The van der Waals surface area contributed by atoms with Crippen LogP contribution in [0.25, 0.3) is 27.8 Å². The molecule has 1 fully saturated rings. The first-order valence-electron chi connectivity index (χ1n) is 10.6. The third kappa shape index (κ3) is 3.21. The lowest BCUT2D eigenvalue weighted by molar-refractivity contribution is 0.00283. The van der Waals surface area contributed by atoms with Gasteiger partial charge in [-0.25, -0.2) is 19.5 Å². The van der Waals surface area contributed by atoms with Gasteiger partial charge in [-0.05, 0) is 52.7 Å². The molecule has 1 N–H and O–H groups in total. The lowest BCUT2D eigenvalue weighted by atomic mass is 9.89. The van der Waals surface area contributed by atoms with Crippen molar-refractivity contribution >= 4 is 22.6 Å². The number of hydrogen-bond donors (Lipinski definition) is 1. The number of rotatable bonds is 6. The number of pyridine rings is 1. The van der Waals surface area contributed by atoms with Gasteiger partial charge in [0, 0.05) is 42.2 Å². The number of ether oxygens (including phenoxy) is 1. The van der Waals surface area contributed by atoms with Crippen molar-refractivity contribution in [2.75, 3.05) is 11.9 Å². The number of aromatic nitrogens is 6. The van der Waals surface area contributed by atoms with Gasteiger partial charge in [0.2, 0.25) is 5.95 Å². The molecule has 4 heterocycles. The maximum atomic E-state index is 5.63. The van der Waals surface area contributed by atoms with Crippen LogP contribution in [0, 0.1) is 6.92 Å². The number of anilines is 1. The molecule has 0 aliphatic heterocycles. The Morgan fingerprint density at radius 1 is 1.20 bits per heavy atom. The standard InChI is InChI=1S/C22H27N7O/c1-5-30-17-9-16(10-17)26-22-24-12-20-18(6-7-28(20)27-22)15-8-19-21(23-11-15)25-14(4)29(19)13(2)3/h6-8,11-13,16-17H,5,9-10H2,1-4H3,(H,26,27). The van der Waals surface area contributed by atoms with E-state index in [0.717, 1.165) is 53.1 Å². The predicted octanol–water partition coefficient (Wildman–Crippen LogP) is 4.01. The zero-order valence-electron chi connectivity index (χ0n) is 17.8. The third-order valence-electron chi connectivity index (χ3n) is 5.80. The lowest BCUT2D eigenvalue weighted by Crippen LogP contribution is -2.41. The van der Waals surface area contributed by atoms with Gasteiger partial charge in [-0.15, -0.1) is 5.10 Å². The van der Waals surface area contributed by atoms with Crippen molar-refractivity contribution in [1.29, 1.82) is 0 Å². The Morgan fingerprint density at radius 3 is 2.80 bits per heavy atom. The Morgan fingerprint density at radius 2 is 2.03 bits per heavy atom. The summed E-state index contributed by atoms with van der Waals surface area (Å²) in [4.78, 5) is 13.7. The number of fused-ring (bicyclic) bond motifs is 2. The smallest absolute Gasteiger partial charge is 0.241 e. The Bertz CT molecular complexity index is 1200. The fourth-order valence-electron chi connectivity index (χ4n) is 4.34. The molecule has 0 saturated heterocycles. The normalized spacial score (nSPS) is 19.0. The summed E-state index contributed by atoms with van der Waals surface area (Å²) >= 11 is 0. The minimum absolute atomic E-state index is 0.323. The highest BCUT2D eigenvalue weighted by Crippen LogP contribution is 2.30. The van der Waals surface area contributed by atoms with Gasteiger partial charge in [0.05, 0.1) is 23.3 Å². The van der Waals surface area contributed by atoms with E-state index in [1.807, 2.05) is 37.0 Å². The minimum atomic E-state index is 0.323. The summed E-state index contributed by atoms with van der Waals surface area (Å²) in [5.41, 5.74) is 4.88. The molecule has 0 spiro atoms. The average Bonchev–Trinajstić information content (AvgIpc) is 3.25. The van der Waals surface area contributed by atoms with Crippen molar-refractivity contribution in [3.8, 4) is 11.1 Å². The molecular formula is C22H27N7O. The molecule has 0 aromatic carbocycles. The topological polar surface area (TPSA) is 82.2 Å². The first-order chi connectivity index (χ1) is 14.5. The van der Waals surface area contributed by atoms with Crippen LogP contribution in [0.3, 0.4) is 0 Å². The van der Waals surface area contributed by atoms with Gasteiger partial charge in [0.1, 0.15) is 5.82 Å². The average molecular weight is 406 g/mol. The minimum Gasteiger partial charge on any atom is -0.378 e. The number of aryl methyl sites for hydroxylation is 1. The van der Waals surface area contributed by atoms with Crippen molar-refractivity contribution in [1.82, 2.24) is 29.1 Å². The second-order valence-corrected chi connectivity index (χ2v) is 8.22. The van der Waals surface area contributed by atoms with E-state index < -0.39 is 0 Å². The molecule has 0 amide bonds. The highest BCUT2D eigenvalue weighted by atomic mass is 16.5. The van der Waals surface area contributed by atoms with Crippen LogP contribution in [0.4, 0.5) is 5.95 Å². The van der Waals surface area contributed by atoms with E-state index in [0.29, 0.717) is 24.1 Å². The molecule has 0 bridgehead atoms. The molecule has 4 aromatic heterocycles. The van der Waals surface area contributed by atoms with Crippen LogP contribution >= 0.6 is 0 Å². The quantitative estimate of drug-likeness (QED) is 0.522. The first-order valence-corrected chi connectivity index (χ1v) is 10.6. The Labute approximate surface area is 175 Å². The van der Waals surface area contributed by atoms with Crippen LogP contribution in [-0.2, 0) is 4.74 Å². The summed E-state index contributed by atoms with van der Waals surface area (Å²) in [6, 6.07) is 4.92. The molecule has 5 rings (SSSR count). The number of nitrogens with one attached hydrogen (secondary N) is 1. The third-order valence-corrected chi connectivity index (χ3v) is 5.80. The fraction of sp³-hybridized carbons (Fsp3) is 0.455. The summed E-state index contributed by atoms with van der Waals surface area (Å²) in [6.45, 7) is 9.15. The Kier molecular flexibility index (Phi) is 4.66. The highest BCUT2D eigenvalue weighted by Gasteiger charge is 2.30. The zero-order chi connectivity index (χ0) is 20.8. The van der Waals surface area contributed by atoms with Crippen LogP contribution in [0.1, 0.15) is 45.5 Å². The first kappa shape index (κ1) is 19.0. The van der Waals surface area contributed by atoms with E-state index in [-0.39, 0.29) is 0 Å². The van der Waals surface area contributed by atoms with Gasteiger partial charge in [0.25, 0.3) is 0 Å². The van der Waals surface area contributed by atoms with Crippen LogP contribution in [0.5, 0.6) is 0 Å². The molecule has 8 heteroatoms. The van der Waals surface area contributed by atoms with Crippen molar-refractivity contribution in [2.45, 2.75) is 58.7 Å². The zero-order valence-corrected chi connectivity index (χ0v) is 17.8. The second-order valence-electron chi connectivity index (χ2n) is 8.22. The van der Waals surface area contributed by atoms with Gasteiger partial charge in [0.15, 0.2) is 5.65 Å². The number of nitrogens with zero attached hydrogens (tertiary/aromatic N) is 6. The van der Waals surface area contributed by atoms with E-state index in [2.05, 4.69) is 55.9 Å². The van der Waals surface area contributed by atoms with E-state index in [4.69, 9.17) is 4.74 Å². The number of imidazole rings is 1. The summed E-state index contributed by atoms with van der Waals surface area (Å²) in [6.07, 6.45) is 8.08. The summed E-state index contributed by atoms with van der Waals surface area (Å²) in [5, 5.41) is 8.05. The number of hydrogen-bond acceptors (Lipinski definition) is 6. The molecule has 1 aliphatic rings. The van der Waals surface area contributed by atoms with Crippen molar-refractivity contribution < 1.29 is 4.74 Å². The molecule has 156 valence electrons. The Balaban J connectivity index is 1.43. The van der Waals surface area contributed by atoms with Gasteiger partial charge < -0.3 is 14.6 Å². The van der Waals surface area contributed by atoms with Crippen molar-refractivity contribution in [2.24, 2.45) is 0 Å². The summed E-state index contributed by atoms with van der Waals surface area (Å²) in [7, 11) is 0. The van der Waals surface area contributed by atoms with Gasteiger partial charge >= 0.3 is 0 Å². The van der Waals surface area contributed by atoms with E-state index in [1.165, 1.54) is 0 Å². The van der Waals surface area contributed by atoms with E-state index >= 15 is 0 Å². The van der Waals surface area contributed by atoms with Crippen molar-refractivity contribution in [3.63, 3.8) is 0 Å². The molecule has 4 aromatic rings. The van der Waals surface area contributed by atoms with Crippen LogP contribution in [-0.4, -0.2) is 47.9 Å². The molecule has 0 unspecified atom stereocenters. The molecule has 0 radical (unpaired) electrons. The highest BCUT2D eigenvalue weighted by molar-refractivity contribution is 5.85. The van der Waals surface area contributed by atoms with Gasteiger partial charge in [-0.3, -0.25) is 0 Å². The molecule has 8 nitrogen and oxygen atoms in total. The molecule has 30 heavy (non-hydrogen) atoms. The van der Waals surface area contributed by atoms with Crippen LogP contribution in [0.15, 0.2) is 30.7 Å². The van der Waals surface area contributed by atoms with Crippen LogP contribution in [0.2, 0.25) is 0 Å². The molecule has 1 aliphatic carbocycles. The maximum Gasteiger partial charge on any atom is 0.241 e. The molecule has 1 saturated carbocycles. The van der Waals surface area contributed by atoms with Crippen molar-refractivity contribution in [3.05, 3.63) is 36.5 Å².